The Kier molecular flexibility index (Phi) is 2.09. The van der Waals surface area contributed by atoms with E-state index in [0.717, 1.165) is 12.3 Å². The van der Waals surface area contributed by atoms with Crippen molar-refractivity contribution < 1.29 is 13.2 Å². The van der Waals surface area contributed by atoms with Gasteiger partial charge >= 0.3 is 6.18 Å². The van der Waals surface area contributed by atoms with Crippen molar-refractivity contribution in [2.45, 2.75) is 12.2 Å². The first-order valence-corrected chi connectivity index (χ1v) is 3.15. The molecule has 0 aliphatic carbocycles. The molecule has 5 heteroatoms. The van der Waals surface area contributed by atoms with Crippen LogP contribution in [0, 0.1) is 11.3 Å². The summed E-state index contributed by atoms with van der Waals surface area (Å²) in [5.41, 5.74) is 0.0241. The minimum atomic E-state index is -4.34. The van der Waals surface area contributed by atoms with E-state index in [1.54, 1.807) is 6.07 Å². The molecule has 1 unspecified atom stereocenters. The average Bonchev–Trinajstić information content (AvgIpc) is 2.03. The fraction of sp³-hybridized carbons (Fsp3) is 0.286. The second-order valence-corrected chi connectivity index (χ2v) is 2.25. The predicted octanol–water partition coefficient (Wildman–Crippen LogP) is 1.48. The summed E-state index contributed by atoms with van der Waals surface area (Å²) in [4.78, 5) is 0. The lowest BCUT2D eigenvalue weighted by Crippen LogP contribution is -2.39. The topological polar surface area (TPSA) is 35.8 Å². The Morgan fingerprint density at radius 1 is 1.50 bits per heavy atom. The lowest BCUT2D eigenvalue weighted by atomic mass is 10.1. The first-order valence-electron chi connectivity index (χ1n) is 3.15. The summed E-state index contributed by atoms with van der Waals surface area (Å²) in [5.74, 6) is 0. The lowest BCUT2D eigenvalue weighted by Gasteiger charge is -2.19. The number of rotatable bonds is 0. The van der Waals surface area contributed by atoms with Crippen LogP contribution < -0.4 is 5.32 Å². The van der Waals surface area contributed by atoms with Crippen molar-refractivity contribution >= 4 is 0 Å². The zero-order chi connectivity index (χ0) is 9.19. The minimum absolute atomic E-state index is 0.0241. The van der Waals surface area contributed by atoms with Gasteiger partial charge in [0.25, 0.3) is 0 Å². The van der Waals surface area contributed by atoms with Gasteiger partial charge in [-0.2, -0.15) is 18.4 Å². The van der Waals surface area contributed by atoms with Gasteiger partial charge in [-0.15, -0.1) is 0 Å². The summed E-state index contributed by atoms with van der Waals surface area (Å²) in [6, 6.07) is -0.0985. The fourth-order valence-corrected chi connectivity index (χ4v) is 0.788. The number of halogens is 3. The molecule has 1 atom stereocenters. The average molecular weight is 174 g/mol. The Labute approximate surface area is 67.0 Å². The third-order valence-electron chi connectivity index (χ3n) is 1.37. The van der Waals surface area contributed by atoms with Gasteiger partial charge in [-0.3, -0.25) is 0 Å². The van der Waals surface area contributed by atoms with Crippen molar-refractivity contribution in [3.8, 4) is 6.07 Å². The molecule has 1 heterocycles. The van der Waals surface area contributed by atoms with Gasteiger partial charge in [0, 0.05) is 0 Å². The predicted molar refractivity (Wildman–Crippen MR) is 35.8 cm³/mol. The maximum atomic E-state index is 12.0. The van der Waals surface area contributed by atoms with E-state index in [9.17, 15) is 13.2 Å². The molecule has 0 aromatic heterocycles. The van der Waals surface area contributed by atoms with E-state index in [1.807, 2.05) is 0 Å². The first kappa shape index (κ1) is 8.65. The van der Waals surface area contributed by atoms with Crippen LogP contribution in [-0.4, -0.2) is 12.2 Å². The van der Waals surface area contributed by atoms with Gasteiger partial charge in [0.1, 0.15) is 6.04 Å². The van der Waals surface area contributed by atoms with Crippen LogP contribution >= 0.6 is 0 Å². The molecule has 1 aliphatic heterocycles. The van der Waals surface area contributed by atoms with Crippen LogP contribution in [0.3, 0.4) is 0 Å². The van der Waals surface area contributed by atoms with Gasteiger partial charge < -0.3 is 5.32 Å². The fourth-order valence-electron chi connectivity index (χ4n) is 0.788. The summed E-state index contributed by atoms with van der Waals surface area (Å²) in [6.07, 6.45) is -1.08. The molecule has 0 aromatic carbocycles. The molecular weight excluding hydrogens is 169 g/mol. The molecule has 1 rings (SSSR count). The molecule has 0 bridgehead atoms. The second kappa shape index (κ2) is 2.89. The van der Waals surface area contributed by atoms with Crippen LogP contribution in [-0.2, 0) is 0 Å². The van der Waals surface area contributed by atoms with Gasteiger partial charge in [0.15, 0.2) is 0 Å². The molecule has 0 fully saturated rings. The molecule has 0 spiro atoms. The molecule has 0 saturated heterocycles. The Morgan fingerprint density at radius 2 is 2.17 bits per heavy atom. The highest BCUT2D eigenvalue weighted by molar-refractivity contribution is 5.36. The number of hydrogen-bond donors (Lipinski definition) is 1. The van der Waals surface area contributed by atoms with Gasteiger partial charge in [-0.25, -0.2) is 0 Å². The summed E-state index contributed by atoms with van der Waals surface area (Å²) in [6.45, 7) is 0. The number of nitrogens with one attached hydrogen (secondary N) is 1. The van der Waals surface area contributed by atoms with Gasteiger partial charge in [0.05, 0.1) is 11.6 Å². The highest BCUT2D eigenvalue weighted by Gasteiger charge is 2.38. The number of allylic oxidation sites excluding steroid dienone is 2. The van der Waals surface area contributed by atoms with Crippen molar-refractivity contribution in [1.82, 2.24) is 5.32 Å². The van der Waals surface area contributed by atoms with Gasteiger partial charge in [0.2, 0.25) is 0 Å². The molecule has 0 saturated carbocycles. The molecule has 64 valence electrons. The van der Waals surface area contributed by atoms with Crippen molar-refractivity contribution in [2.24, 2.45) is 0 Å². The van der Waals surface area contributed by atoms with Crippen LogP contribution in [0.25, 0.3) is 0 Å². The molecule has 1 aliphatic rings. The van der Waals surface area contributed by atoms with E-state index in [-0.39, 0.29) is 5.57 Å². The molecule has 2 nitrogen and oxygen atoms in total. The Balaban J connectivity index is 2.81. The highest BCUT2D eigenvalue weighted by Crippen LogP contribution is 2.23. The first-order chi connectivity index (χ1) is 5.54. The summed E-state index contributed by atoms with van der Waals surface area (Å²) >= 11 is 0. The van der Waals surface area contributed by atoms with Crippen LogP contribution in [0.2, 0.25) is 0 Å². The summed E-state index contributed by atoms with van der Waals surface area (Å²) < 4.78 is 36.0. The number of nitrogens with zero attached hydrogens (tertiary/aromatic N) is 1. The number of nitriles is 1. The standard InChI is InChI=1S/C7H5F3N2/c8-7(9,10)6-3-5(4-11)1-2-12-6/h1-3,6,12H. The summed E-state index contributed by atoms with van der Waals surface area (Å²) in [5, 5.41) is 10.4. The molecule has 0 amide bonds. The zero-order valence-corrected chi connectivity index (χ0v) is 5.89. The van der Waals surface area contributed by atoms with E-state index < -0.39 is 12.2 Å². The molecular formula is C7H5F3N2. The Morgan fingerprint density at radius 3 is 2.67 bits per heavy atom. The van der Waals surface area contributed by atoms with Crippen LogP contribution in [0.15, 0.2) is 23.9 Å². The quantitative estimate of drug-likeness (QED) is 0.603. The Hall–Kier alpha value is -1.44. The monoisotopic (exact) mass is 174 g/mol. The normalized spacial score (nSPS) is 22.5. The van der Waals surface area contributed by atoms with Crippen molar-refractivity contribution in [3.63, 3.8) is 0 Å². The number of hydrogen-bond acceptors (Lipinski definition) is 2. The van der Waals surface area contributed by atoms with Crippen LogP contribution in [0.4, 0.5) is 13.2 Å². The highest BCUT2D eigenvalue weighted by atomic mass is 19.4. The van der Waals surface area contributed by atoms with E-state index >= 15 is 0 Å². The van der Waals surface area contributed by atoms with Crippen molar-refractivity contribution in [2.75, 3.05) is 0 Å². The van der Waals surface area contributed by atoms with Gasteiger partial charge in [-0.05, 0) is 18.4 Å². The van der Waals surface area contributed by atoms with Gasteiger partial charge in [-0.1, -0.05) is 0 Å². The molecule has 0 aromatic rings. The molecule has 0 radical (unpaired) electrons. The SMILES string of the molecule is N#CC1=CC(C(F)(F)F)NC=C1. The van der Waals surface area contributed by atoms with Crippen LogP contribution in [0.1, 0.15) is 0 Å². The largest absolute Gasteiger partial charge is 0.412 e. The van der Waals surface area contributed by atoms with E-state index in [2.05, 4.69) is 5.32 Å². The Bertz CT molecular complexity index is 269. The number of dihydropyridines is 1. The third-order valence-corrected chi connectivity index (χ3v) is 1.37. The van der Waals surface area contributed by atoms with Crippen molar-refractivity contribution in [3.05, 3.63) is 23.9 Å². The molecule has 12 heavy (non-hydrogen) atoms. The van der Waals surface area contributed by atoms with Crippen LogP contribution in [0.5, 0.6) is 0 Å². The van der Waals surface area contributed by atoms with E-state index in [0.29, 0.717) is 0 Å². The third kappa shape index (κ3) is 1.78. The van der Waals surface area contributed by atoms with E-state index in [4.69, 9.17) is 5.26 Å². The molecule has 1 N–H and O–H groups in total. The number of alkyl halides is 3. The zero-order valence-electron chi connectivity index (χ0n) is 5.89. The maximum absolute atomic E-state index is 12.0. The second-order valence-electron chi connectivity index (χ2n) is 2.25. The maximum Gasteiger partial charge on any atom is 0.412 e. The minimum Gasteiger partial charge on any atom is -0.377 e. The summed E-state index contributed by atoms with van der Waals surface area (Å²) in [7, 11) is 0. The smallest absolute Gasteiger partial charge is 0.377 e. The van der Waals surface area contributed by atoms with E-state index in [1.165, 1.54) is 6.08 Å². The van der Waals surface area contributed by atoms with Crippen molar-refractivity contribution in [1.29, 1.82) is 5.26 Å². The lowest BCUT2D eigenvalue weighted by molar-refractivity contribution is -0.142.